The number of nitrogens with two attached hydrogens (primary N) is 1. The molecule has 0 spiro atoms. The summed E-state index contributed by atoms with van der Waals surface area (Å²) in [4.78, 5) is 11.2. The van der Waals surface area contributed by atoms with Gasteiger partial charge in [0.1, 0.15) is 0 Å². The van der Waals surface area contributed by atoms with Crippen LogP contribution in [0.3, 0.4) is 0 Å². The molecule has 19 heavy (non-hydrogen) atoms. The normalized spacial score (nSPS) is 11.3. The van der Waals surface area contributed by atoms with Crippen molar-refractivity contribution in [3.63, 3.8) is 0 Å². The van der Waals surface area contributed by atoms with Gasteiger partial charge in [-0.25, -0.2) is 0 Å². The van der Waals surface area contributed by atoms with E-state index in [4.69, 9.17) is 5.73 Å². The van der Waals surface area contributed by atoms with Crippen molar-refractivity contribution in [2.75, 3.05) is 0 Å². The van der Waals surface area contributed by atoms with Gasteiger partial charge in [0.25, 0.3) is 0 Å². The number of nitrogens with zero attached hydrogens (tertiary/aromatic N) is 2. The number of primary amides is 1. The molecule has 0 bridgehead atoms. The molecular weight excluding hydrogens is 238 g/mol. The van der Waals surface area contributed by atoms with Gasteiger partial charge in [-0.1, -0.05) is 26.7 Å². The van der Waals surface area contributed by atoms with Crippen molar-refractivity contribution in [2.24, 2.45) is 5.73 Å². The number of fused-ring (bicyclic) bond motifs is 1. The van der Waals surface area contributed by atoms with Crippen LogP contribution in [0.2, 0.25) is 0 Å². The predicted octanol–water partition coefficient (Wildman–Crippen LogP) is 3.28. The van der Waals surface area contributed by atoms with E-state index in [1.54, 1.807) is 6.07 Å². The van der Waals surface area contributed by atoms with Crippen LogP contribution in [0.4, 0.5) is 0 Å². The monoisotopic (exact) mass is 259 g/mol. The average Bonchev–Trinajstić information content (AvgIpc) is 2.80. The van der Waals surface area contributed by atoms with Gasteiger partial charge in [-0.05, 0) is 31.0 Å². The highest BCUT2D eigenvalue weighted by Crippen LogP contribution is 2.23. The average molecular weight is 259 g/mol. The SMILES string of the molecule is CCCC(CCC)n1cc2cc(C(N)=O)ccc2n1. The van der Waals surface area contributed by atoms with E-state index in [0.717, 1.165) is 36.6 Å². The van der Waals surface area contributed by atoms with Gasteiger partial charge in [-0.3, -0.25) is 9.48 Å². The summed E-state index contributed by atoms with van der Waals surface area (Å²) in [6, 6.07) is 5.85. The van der Waals surface area contributed by atoms with Gasteiger partial charge in [0.05, 0.1) is 11.6 Å². The molecule has 1 aromatic carbocycles. The van der Waals surface area contributed by atoms with Crippen molar-refractivity contribution in [3.05, 3.63) is 30.0 Å². The standard InChI is InChI=1S/C15H21N3O/c1-3-5-13(6-4-2)18-10-12-9-11(15(16)19)7-8-14(12)17-18/h7-10,13H,3-6H2,1-2H3,(H2,16,19). The smallest absolute Gasteiger partial charge is 0.248 e. The molecule has 4 heteroatoms. The molecule has 0 radical (unpaired) electrons. The molecule has 4 nitrogen and oxygen atoms in total. The highest BCUT2D eigenvalue weighted by molar-refractivity contribution is 5.96. The lowest BCUT2D eigenvalue weighted by molar-refractivity contribution is 0.100. The highest BCUT2D eigenvalue weighted by atomic mass is 16.1. The zero-order chi connectivity index (χ0) is 13.8. The number of aromatic nitrogens is 2. The summed E-state index contributed by atoms with van der Waals surface area (Å²) in [5.41, 5.74) is 6.76. The number of benzene rings is 1. The maximum absolute atomic E-state index is 11.2. The van der Waals surface area contributed by atoms with Crippen molar-refractivity contribution in [2.45, 2.75) is 45.6 Å². The Morgan fingerprint density at radius 1 is 1.32 bits per heavy atom. The number of rotatable bonds is 6. The molecule has 1 aromatic heterocycles. The van der Waals surface area contributed by atoms with Gasteiger partial charge in [0.15, 0.2) is 0 Å². The summed E-state index contributed by atoms with van der Waals surface area (Å²) in [6.45, 7) is 4.38. The second-order valence-corrected chi connectivity index (χ2v) is 4.98. The van der Waals surface area contributed by atoms with Crippen molar-refractivity contribution in [3.8, 4) is 0 Å². The molecular formula is C15H21N3O. The van der Waals surface area contributed by atoms with Gasteiger partial charge in [-0.15, -0.1) is 0 Å². The van der Waals surface area contributed by atoms with Crippen LogP contribution in [0.1, 0.15) is 55.9 Å². The molecule has 0 saturated carbocycles. The van der Waals surface area contributed by atoms with E-state index in [0.29, 0.717) is 11.6 Å². The molecule has 0 aliphatic heterocycles. The number of amides is 1. The van der Waals surface area contributed by atoms with Gasteiger partial charge in [0.2, 0.25) is 5.91 Å². The van der Waals surface area contributed by atoms with Crippen LogP contribution in [0.25, 0.3) is 10.9 Å². The van der Waals surface area contributed by atoms with Crippen LogP contribution in [0.5, 0.6) is 0 Å². The van der Waals surface area contributed by atoms with E-state index in [-0.39, 0.29) is 0 Å². The van der Waals surface area contributed by atoms with Gasteiger partial charge in [0, 0.05) is 17.1 Å². The Kier molecular flexibility index (Phi) is 4.20. The summed E-state index contributed by atoms with van der Waals surface area (Å²) in [6.07, 6.45) is 6.58. The lowest BCUT2D eigenvalue weighted by Gasteiger charge is -2.15. The third-order valence-electron chi connectivity index (χ3n) is 3.42. The van der Waals surface area contributed by atoms with Crippen molar-refractivity contribution >= 4 is 16.8 Å². The Hall–Kier alpha value is -1.84. The van der Waals surface area contributed by atoms with Crippen molar-refractivity contribution in [1.29, 1.82) is 0 Å². The van der Waals surface area contributed by atoms with E-state index in [1.807, 2.05) is 23.0 Å². The second-order valence-electron chi connectivity index (χ2n) is 4.98. The molecule has 0 unspecified atom stereocenters. The fraction of sp³-hybridized carbons (Fsp3) is 0.467. The van der Waals surface area contributed by atoms with Crippen LogP contribution in [-0.4, -0.2) is 15.7 Å². The van der Waals surface area contributed by atoms with E-state index in [9.17, 15) is 4.79 Å². The van der Waals surface area contributed by atoms with Crippen LogP contribution in [0.15, 0.2) is 24.4 Å². The minimum Gasteiger partial charge on any atom is -0.366 e. The zero-order valence-corrected chi connectivity index (χ0v) is 11.6. The van der Waals surface area contributed by atoms with Gasteiger partial charge >= 0.3 is 0 Å². The Bertz CT molecular complexity index is 568. The van der Waals surface area contributed by atoms with Crippen LogP contribution < -0.4 is 5.73 Å². The largest absolute Gasteiger partial charge is 0.366 e. The third kappa shape index (κ3) is 2.95. The Labute approximate surface area is 113 Å². The number of hydrogen-bond donors (Lipinski definition) is 1. The first-order valence-corrected chi connectivity index (χ1v) is 6.94. The summed E-state index contributed by atoms with van der Waals surface area (Å²) < 4.78 is 2.04. The van der Waals surface area contributed by atoms with Crippen LogP contribution in [0, 0.1) is 0 Å². The Morgan fingerprint density at radius 3 is 2.58 bits per heavy atom. The summed E-state index contributed by atoms with van der Waals surface area (Å²) in [7, 11) is 0. The lowest BCUT2D eigenvalue weighted by Crippen LogP contribution is -2.10. The van der Waals surface area contributed by atoms with E-state index < -0.39 is 5.91 Å². The topological polar surface area (TPSA) is 60.9 Å². The summed E-state index contributed by atoms with van der Waals surface area (Å²) >= 11 is 0. The van der Waals surface area contributed by atoms with E-state index in [1.165, 1.54) is 0 Å². The number of carbonyl (C=O) groups excluding carboxylic acids is 1. The van der Waals surface area contributed by atoms with Crippen LogP contribution in [-0.2, 0) is 0 Å². The molecule has 0 atom stereocenters. The Morgan fingerprint density at radius 2 is 2.00 bits per heavy atom. The molecule has 2 rings (SSSR count). The molecule has 2 aromatic rings. The maximum atomic E-state index is 11.2. The predicted molar refractivity (Wildman–Crippen MR) is 77.1 cm³/mol. The minimum absolute atomic E-state index is 0.395. The maximum Gasteiger partial charge on any atom is 0.248 e. The molecule has 0 aliphatic rings. The van der Waals surface area contributed by atoms with E-state index in [2.05, 4.69) is 18.9 Å². The molecule has 1 heterocycles. The quantitative estimate of drug-likeness (QED) is 0.865. The zero-order valence-electron chi connectivity index (χ0n) is 11.6. The van der Waals surface area contributed by atoms with Gasteiger partial charge in [-0.2, -0.15) is 5.10 Å². The third-order valence-corrected chi connectivity index (χ3v) is 3.42. The molecule has 0 saturated heterocycles. The second kappa shape index (κ2) is 5.87. The fourth-order valence-corrected chi connectivity index (χ4v) is 2.46. The molecule has 0 aliphatic carbocycles. The molecule has 0 fully saturated rings. The highest BCUT2D eigenvalue weighted by Gasteiger charge is 2.12. The fourth-order valence-electron chi connectivity index (χ4n) is 2.46. The first-order valence-electron chi connectivity index (χ1n) is 6.94. The number of carbonyl (C=O) groups is 1. The molecule has 102 valence electrons. The number of hydrogen-bond acceptors (Lipinski definition) is 2. The lowest BCUT2D eigenvalue weighted by atomic mass is 10.1. The summed E-state index contributed by atoms with van der Waals surface area (Å²) in [5, 5.41) is 5.60. The van der Waals surface area contributed by atoms with Crippen molar-refractivity contribution in [1.82, 2.24) is 9.78 Å². The summed E-state index contributed by atoms with van der Waals surface area (Å²) in [5.74, 6) is -0.395. The first kappa shape index (κ1) is 13.6. The molecule has 1 amide bonds. The van der Waals surface area contributed by atoms with E-state index >= 15 is 0 Å². The van der Waals surface area contributed by atoms with Crippen molar-refractivity contribution < 1.29 is 4.79 Å². The molecule has 2 N–H and O–H groups in total. The van der Waals surface area contributed by atoms with Crippen LogP contribution >= 0.6 is 0 Å². The van der Waals surface area contributed by atoms with Gasteiger partial charge < -0.3 is 5.73 Å². The first-order chi connectivity index (χ1) is 9.15. The Balaban J connectivity index is 2.36. The minimum atomic E-state index is -0.395.